The number of alkyl halides is 10. The summed E-state index contributed by atoms with van der Waals surface area (Å²) in [5.41, 5.74) is -5.88. The highest BCUT2D eigenvalue weighted by Gasteiger charge is 2.68. The predicted molar refractivity (Wildman–Crippen MR) is 63.1 cm³/mol. The zero-order chi connectivity index (χ0) is 20.9. The molecular weight excluding hydrogens is 420 g/mol. The smallest absolute Gasteiger partial charge is 0.459 e. The Morgan fingerprint density at radius 3 is 1.58 bits per heavy atom. The van der Waals surface area contributed by atoms with Gasteiger partial charge in [0, 0.05) is 0 Å². The van der Waals surface area contributed by atoms with E-state index in [0.29, 0.717) is 0 Å². The van der Waals surface area contributed by atoms with Gasteiger partial charge in [0.25, 0.3) is 0 Å². The van der Waals surface area contributed by atoms with Crippen LogP contribution in [-0.4, -0.2) is 57.3 Å². The molecule has 1 rings (SSSR count). The molecule has 0 fully saturated rings. The quantitative estimate of drug-likeness (QED) is 0.678. The fraction of sp³-hybridized carbons (Fsp3) is 0.500. The summed E-state index contributed by atoms with van der Waals surface area (Å²) in [4.78, 5) is 21.3. The molecule has 1 aliphatic rings. The number of nitrogens with zero attached hydrogens (tertiary/aromatic N) is 1. The summed E-state index contributed by atoms with van der Waals surface area (Å²) in [5, 5.41) is 14.1. The Bertz CT molecular complexity index is 693. The minimum atomic E-state index is -6.61. The van der Waals surface area contributed by atoms with Crippen LogP contribution in [0, 0.1) is 0 Å². The first kappa shape index (κ1) is 22.0. The molecule has 2 N–H and O–H groups in total. The highest BCUT2D eigenvalue weighted by atomic mass is 32.2. The van der Waals surface area contributed by atoms with Gasteiger partial charge in [-0.2, -0.15) is 43.9 Å². The number of halogens is 10. The first-order valence-electron chi connectivity index (χ1n) is 5.71. The summed E-state index contributed by atoms with van der Waals surface area (Å²) in [6.45, 7) is 0. The van der Waals surface area contributed by atoms with Crippen LogP contribution in [-0.2, 0) is 9.59 Å². The Kier molecular flexibility index (Phi) is 5.35. The summed E-state index contributed by atoms with van der Waals surface area (Å²) in [7, 11) is 0. The number of hydrogen-bond acceptors (Lipinski definition) is 4. The molecule has 1 heterocycles. The predicted octanol–water partition coefficient (Wildman–Crippen LogP) is 3.32. The monoisotopic (exact) mass is 423 g/mol. The zero-order valence-corrected chi connectivity index (χ0v) is 12.2. The van der Waals surface area contributed by atoms with Crippen LogP contribution in [0.1, 0.15) is 0 Å². The van der Waals surface area contributed by atoms with E-state index in [1.165, 1.54) is 0 Å². The minimum Gasteiger partial charge on any atom is -0.480 e. The van der Waals surface area contributed by atoms with Crippen LogP contribution in [0.5, 0.6) is 0 Å². The number of thioether (sulfide) groups is 1. The number of rotatable bonds is 4. The van der Waals surface area contributed by atoms with E-state index in [-0.39, 0.29) is 0 Å². The Labute approximate surface area is 139 Å². The van der Waals surface area contributed by atoms with Gasteiger partial charge >= 0.3 is 36.1 Å². The summed E-state index contributed by atoms with van der Waals surface area (Å²) >= 11 is -1.06. The summed E-state index contributed by atoms with van der Waals surface area (Å²) in [6, 6.07) is 0. The van der Waals surface area contributed by atoms with E-state index in [2.05, 4.69) is 0 Å². The van der Waals surface area contributed by atoms with Crippen LogP contribution in [0.25, 0.3) is 0 Å². The molecule has 0 aromatic carbocycles. The molecule has 0 radical (unpaired) electrons. The van der Waals surface area contributed by atoms with Crippen molar-refractivity contribution in [1.82, 2.24) is 0 Å². The van der Waals surface area contributed by atoms with E-state index in [9.17, 15) is 53.5 Å². The van der Waals surface area contributed by atoms with Crippen LogP contribution < -0.4 is 0 Å². The highest BCUT2D eigenvalue weighted by molar-refractivity contribution is 8.06. The number of hydrogen-bond donors (Lipinski definition) is 2. The number of carboxylic acids is 2. The SMILES string of the molecule is O=C(O)C1=C(C(F)(F)C(F)(F)F)N=C(C(F)(F)C(F)(F)F)C(C(=O)O)S1. The van der Waals surface area contributed by atoms with Crippen molar-refractivity contribution in [2.75, 3.05) is 0 Å². The van der Waals surface area contributed by atoms with Crippen molar-refractivity contribution >= 4 is 29.4 Å². The topological polar surface area (TPSA) is 87.0 Å². The maximum Gasteiger partial charge on any atom is 0.459 e. The molecule has 1 atom stereocenters. The maximum absolute atomic E-state index is 13.4. The molecule has 0 amide bonds. The molecule has 16 heteroatoms. The normalized spacial score (nSPS) is 20.1. The standard InChI is InChI=1S/C10H3F10NO4S/c11-7(12,9(15,16)17)3-1(5(22)23)26-2(6(24)25)4(21-3)8(13,14)10(18,19)20/h1H,(H,22,23)(H,24,25). The van der Waals surface area contributed by atoms with E-state index >= 15 is 0 Å². The van der Waals surface area contributed by atoms with Gasteiger partial charge in [0.05, 0.1) is 0 Å². The average Bonchev–Trinajstić information content (AvgIpc) is 2.42. The first-order valence-corrected chi connectivity index (χ1v) is 6.59. The van der Waals surface area contributed by atoms with E-state index in [0.717, 1.165) is 0 Å². The third kappa shape index (κ3) is 3.59. The molecule has 26 heavy (non-hydrogen) atoms. The fourth-order valence-corrected chi connectivity index (χ4v) is 2.54. The zero-order valence-electron chi connectivity index (χ0n) is 11.4. The van der Waals surface area contributed by atoms with Gasteiger partial charge in [-0.3, -0.25) is 4.79 Å². The molecule has 1 unspecified atom stereocenters. The molecule has 148 valence electrons. The minimum absolute atomic E-state index is 1.06. The average molecular weight is 423 g/mol. The van der Waals surface area contributed by atoms with Gasteiger partial charge in [0.15, 0.2) is 5.25 Å². The summed E-state index contributed by atoms with van der Waals surface area (Å²) in [5.74, 6) is -17.7. The van der Waals surface area contributed by atoms with Gasteiger partial charge < -0.3 is 10.2 Å². The molecule has 5 nitrogen and oxygen atoms in total. The van der Waals surface area contributed by atoms with Gasteiger partial charge in [-0.25, -0.2) is 9.79 Å². The lowest BCUT2D eigenvalue weighted by Crippen LogP contribution is -2.52. The number of aliphatic imine (C=N–C) groups is 1. The van der Waals surface area contributed by atoms with Crippen LogP contribution in [0.2, 0.25) is 0 Å². The van der Waals surface area contributed by atoms with Crippen molar-refractivity contribution in [3.05, 3.63) is 10.6 Å². The van der Waals surface area contributed by atoms with Gasteiger partial charge in [0.2, 0.25) is 0 Å². The van der Waals surface area contributed by atoms with E-state index in [1.54, 1.807) is 0 Å². The Hall–Kier alpha value is -2.00. The van der Waals surface area contributed by atoms with Gasteiger partial charge in [-0.1, -0.05) is 11.8 Å². The van der Waals surface area contributed by atoms with Crippen LogP contribution in [0.3, 0.4) is 0 Å². The second-order valence-corrected chi connectivity index (χ2v) is 5.58. The Morgan fingerprint density at radius 1 is 0.846 bits per heavy atom. The molecule has 1 aliphatic heterocycles. The van der Waals surface area contributed by atoms with Crippen molar-refractivity contribution in [1.29, 1.82) is 0 Å². The van der Waals surface area contributed by atoms with Gasteiger partial charge in [-0.15, -0.1) is 0 Å². The summed E-state index contributed by atoms with van der Waals surface area (Å²) < 4.78 is 128. The second-order valence-electron chi connectivity index (χ2n) is 4.46. The van der Waals surface area contributed by atoms with E-state index in [4.69, 9.17) is 10.2 Å². The van der Waals surface area contributed by atoms with Crippen molar-refractivity contribution in [3.63, 3.8) is 0 Å². The Balaban J connectivity index is 3.83. The molecule has 0 spiro atoms. The lowest BCUT2D eigenvalue weighted by atomic mass is 10.1. The van der Waals surface area contributed by atoms with Gasteiger partial charge in [-0.05, 0) is 0 Å². The molecule has 0 aromatic heterocycles. The molecular formula is C10H3F10NO4S. The van der Waals surface area contributed by atoms with Crippen LogP contribution >= 0.6 is 11.8 Å². The van der Waals surface area contributed by atoms with E-state index < -0.39 is 69.5 Å². The third-order valence-corrected chi connectivity index (χ3v) is 3.95. The largest absolute Gasteiger partial charge is 0.480 e. The van der Waals surface area contributed by atoms with Crippen LogP contribution in [0.4, 0.5) is 43.9 Å². The summed E-state index contributed by atoms with van der Waals surface area (Å²) in [6.07, 6.45) is -13.2. The van der Waals surface area contributed by atoms with Crippen molar-refractivity contribution < 1.29 is 63.7 Å². The number of aliphatic carboxylic acids is 2. The first-order chi connectivity index (χ1) is 11.4. The van der Waals surface area contributed by atoms with Crippen LogP contribution in [0.15, 0.2) is 15.6 Å². The lowest BCUT2D eigenvalue weighted by Gasteiger charge is -2.31. The van der Waals surface area contributed by atoms with E-state index in [1.807, 2.05) is 4.99 Å². The molecule has 0 aromatic rings. The highest BCUT2D eigenvalue weighted by Crippen LogP contribution is 2.50. The molecule has 0 aliphatic carbocycles. The van der Waals surface area contributed by atoms with Gasteiger partial charge in [0.1, 0.15) is 16.3 Å². The third-order valence-electron chi connectivity index (χ3n) is 2.68. The maximum atomic E-state index is 13.4. The van der Waals surface area contributed by atoms with Crippen molar-refractivity contribution in [2.45, 2.75) is 29.4 Å². The molecule has 0 saturated carbocycles. The second kappa shape index (κ2) is 6.31. The van der Waals surface area contributed by atoms with Crippen molar-refractivity contribution in [2.24, 2.45) is 4.99 Å². The number of allylic oxidation sites excluding steroid dienone is 1. The van der Waals surface area contributed by atoms with Crippen molar-refractivity contribution in [3.8, 4) is 0 Å². The molecule has 0 bridgehead atoms. The number of carboxylic acid groups (broad SMARTS) is 2. The lowest BCUT2D eigenvalue weighted by molar-refractivity contribution is -0.265. The fourth-order valence-electron chi connectivity index (χ4n) is 1.51. The number of carbonyl (C=O) groups is 2. The Morgan fingerprint density at radius 2 is 1.27 bits per heavy atom. The molecule has 0 saturated heterocycles.